The lowest BCUT2D eigenvalue weighted by Gasteiger charge is -2.36. The number of hydrogen-bond acceptors (Lipinski definition) is 3. The van der Waals surface area contributed by atoms with Crippen molar-refractivity contribution in [2.24, 2.45) is 11.3 Å². The van der Waals surface area contributed by atoms with Gasteiger partial charge in [0, 0.05) is 31.2 Å². The topological polar surface area (TPSA) is 24.5 Å². The molecule has 0 aromatic heterocycles. The van der Waals surface area contributed by atoms with E-state index in [1.807, 2.05) is 0 Å². The largest absolute Gasteiger partial charge is 0.381 e. The minimum Gasteiger partial charge on any atom is -0.381 e. The Labute approximate surface area is 113 Å². The summed E-state index contributed by atoms with van der Waals surface area (Å²) >= 11 is 0. The summed E-state index contributed by atoms with van der Waals surface area (Å²) in [7, 11) is 2.26. The van der Waals surface area contributed by atoms with E-state index >= 15 is 0 Å². The molecule has 1 rings (SSSR count). The molecule has 3 nitrogen and oxygen atoms in total. The van der Waals surface area contributed by atoms with Crippen LogP contribution in [-0.2, 0) is 4.74 Å². The van der Waals surface area contributed by atoms with Gasteiger partial charge in [0.15, 0.2) is 0 Å². The molecule has 1 saturated heterocycles. The summed E-state index contributed by atoms with van der Waals surface area (Å²) in [6.45, 7) is 14.2. The first-order chi connectivity index (χ1) is 8.49. The van der Waals surface area contributed by atoms with Crippen LogP contribution in [0.2, 0.25) is 0 Å². The van der Waals surface area contributed by atoms with Gasteiger partial charge in [-0.05, 0) is 39.3 Å². The molecule has 0 spiro atoms. The highest BCUT2D eigenvalue weighted by atomic mass is 16.5. The quantitative estimate of drug-likeness (QED) is 0.721. The van der Waals surface area contributed by atoms with Gasteiger partial charge >= 0.3 is 0 Å². The molecule has 0 saturated carbocycles. The average molecular weight is 256 g/mol. The lowest BCUT2D eigenvalue weighted by Crippen LogP contribution is -2.46. The van der Waals surface area contributed by atoms with Crippen LogP contribution in [0, 0.1) is 11.3 Å². The Morgan fingerprint density at radius 3 is 2.56 bits per heavy atom. The minimum atomic E-state index is 0.329. The van der Waals surface area contributed by atoms with E-state index in [9.17, 15) is 0 Å². The fourth-order valence-corrected chi connectivity index (χ4v) is 2.91. The molecule has 1 aliphatic heterocycles. The molecule has 18 heavy (non-hydrogen) atoms. The smallest absolute Gasteiger partial charge is 0.0547 e. The highest BCUT2D eigenvalue weighted by Crippen LogP contribution is 2.29. The molecule has 0 aromatic rings. The number of nitrogens with zero attached hydrogens (tertiary/aromatic N) is 1. The van der Waals surface area contributed by atoms with Crippen molar-refractivity contribution >= 4 is 0 Å². The van der Waals surface area contributed by atoms with Crippen molar-refractivity contribution in [3.63, 3.8) is 0 Å². The summed E-state index contributed by atoms with van der Waals surface area (Å²) < 4.78 is 5.65. The standard InChI is InChI=1S/C15H32N2O/c1-6-16-10-15(7-8-18-12-15)11-17(5)14(4)9-13(2)3/h13-14,16H,6-12H2,1-5H3. The maximum Gasteiger partial charge on any atom is 0.0547 e. The summed E-state index contributed by atoms with van der Waals surface area (Å²) in [5.41, 5.74) is 0.329. The Bertz CT molecular complexity index is 225. The Hall–Kier alpha value is -0.120. The zero-order valence-electron chi connectivity index (χ0n) is 13.0. The summed E-state index contributed by atoms with van der Waals surface area (Å²) in [6.07, 6.45) is 2.47. The number of rotatable bonds is 8. The van der Waals surface area contributed by atoms with E-state index in [0.29, 0.717) is 11.5 Å². The zero-order chi connectivity index (χ0) is 13.6. The second-order valence-corrected chi connectivity index (χ2v) is 6.48. The number of hydrogen-bond donors (Lipinski definition) is 1. The van der Waals surface area contributed by atoms with E-state index < -0.39 is 0 Å². The molecule has 0 radical (unpaired) electrons. The molecule has 2 atom stereocenters. The Balaban J connectivity index is 2.49. The third-order valence-corrected chi connectivity index (χ3v) is 4.08. The average Bonchev–Trinajstić information content (AvgIpc) is 2.74. The van der Waals surface area contributed by atoms with E-state index in [2.05, 4.69) is 45.0 Å². The molecule has 108 valence electrons. The minimum absolute atomic E-state index is 0.329. The Morgan fingerprint density at radius 2 is 2.06 bits per heavy atom. The van der Waals surface area contributed by atoms with E-state index in [1.54, 1.807) is 0 Å². The van der Waals surface area contributed by atoms with Gasteiger partial charge in [0.05, 0.1) is 6.61 Å². The maximum atomic E-state index is 5.65. The van der Waals surface area contributed by atoms with Crippen LogP contribution in [-0.4, -0.2) is 50.8 Å². The number of ether oxygens (including phenoxy) is 1. The van der Waals surface area contributed by atoms with Crippen molar-refractivity contribution in [2.45, 2.75) is 46.6 Å². The predicted molar refractivity (Wildman–Crippen MR) is 78.0 cm³/mol. The third-order valence-electron chi connectivity index (χ3n) is 4.08. The lowest BCUT2D eigenvalue weighted by molar-refractivity contribution is 0.0993. The van der Waals surface area contributed by atoms with Crippen LogP contribution in [0.25, 0.3) is 0 Å². The van der Waals surface area contributed by atoms with Crippen molar-refractivity contribution in [3.8, 4) is 0 Å². The molecule has 1 heterocycles. The second-order valence-electron chi connectivity index (χ2n) is 6.48. The van der Waals surface area contributed by atoms with Gasteiger partial charge in [-0.3, -0.25) is 0 Å². The third kappa shape index (κ3) is 4.87. The van der Waals surface area contributed by atoms with Crippen molar-refractivity contribution in [1.29, 1.82) is 0 Å². The Kier molecular flexibility index (Phi) is 6.61. The highest BCUT2D eigenvalue weighted by Gasteiger charge is 2.36. The van der Waals surface area contributed by atoms with Gasteiger partial charge in [-0.1, -0.05) is 20.8 Å². The molecular formula is C15H32N2O. The second kappa shape index (κ2) is 7.46. The van der Waals surface area contributed by atoms with Crippen LogP contribution < -0.4 is 5.32 Å². The molecule has 0 aromatic carbocycles. The maximum absolute atomic E-state index is 5.65. The molecule has 0 amide bonds. The molecular weight excluding hydrogens is 224 g/mol. The SMILES string of the molecule is CCNCC1(CN(C)C(C)CC(C)C)CCOC1. The molecule has 1 aliphatic rings. The van der Waals surface area contributed by atoms with Gasteiger partial charge in [-0.15, -0.1) is 0 Å². The lowest BCUT2D eigenvalue weighted by atomic mass is 9.86. The van der Waals surface area contributed by atoms with E-state index in [0.717, 1.165) is 38.8 Å². The van der Waals surface area contributed by atoms with Crippen LogP contribution in [0.5, 0.6) is 0 Å². The highest BCUT2D eigenvalue weighted by molar-refractivity contribution is 4.88. The molecule has 0 bridgehead atoms. The van der Waals surface area contributed by atoms with Crippen molar-refractivity contribution in [2.75, 3.05) is 39.9 Å². The van der Waals surface area contributed by atoms with Gasteiger partial charge in [-0.25, -0.2) is 0 Å². The van der Waals surface area contributed by atoms with Gasteiger partial charge in [0.1, 0.15) is 0 Å². The van der Waals surface area contributed by atoms with Crippen LogP contribution in [0.1, 0.15) is 40.5 Å². The summed E-state index contributed by atoms with van der Waals surface area (Å²) in [5.74, 6) is 0.770. The monoisotopic (exact) mass is 256 g/mol. The van der Waals surface area contributed by atoms with E-state index in [-0.39, 0.29) is 0 Å². The Morgan fingerprint density at radius 1 is 1.33 bits per heavy atom. The summed E-state index contributed by atoms with van der Waals surface area (Å²) in [4.78, 5) is 2.52. The van der Waals surface area contributed by atoms with E-state index in [1.165, 1.54) is 12.8 Å². The normalized spacial score (nSPS) is 26.2. The van der Waals surface area contributed by atoms with Crippen molar-refractivity contribution in [3.05, 3.63) is 0 Å². The molecule has 2 unspecified atom stereocenters. The molecule has 1 N–H and O–H groups in total. The molecule has 1 fully saturated rings. The fourth-order valence-electron chi connectivity index (χ4n) is 2.91. The van der Waals surface area contributed by atoms with Gasteiger partial charge in [0.2, 0.25) is 0 Å². The van der Waals surface area contributed by atoms with Gasteiger partial charge in [0.25, 0.3) is 0 Å². The first-order valence-electron chi connectivity index (χ1n) is 7.48. The molecule has 3 heteroatoms. The van der Waals surface area contributed by atoms with Crippen LogP contribution >= 0.6 is 0 Å². The predicted octanol–water partition coefficient (Wildman–Crippen LogP) is 2.37. The van der Waals surface area contributed by atoms with Gasteiger partial charge < -0.3 is 15.0 Å². The first-order valence-corrected chi connectivity index (χ1v) is 7.48. The summed E-state index contributed by atoms with van der Waals surface area (Å²) in [6, 6.07) is 0.657. The number of nitrogens with one attached hydrogen (secondary N) is 1. The zero-order valence-corrected chi connectivity index (χ0v) is 13.0. The van der Waals surface area contributed by atoms with E-state index in [4.69, 9.17) is 4.74 Å². The summed E-state index contributed by atoms with van der Waals surface area (Å²) in [5, 5.41) is 3.51. The van der Waals surface area contributed by atoms with Crippen LogP contribution in [0.3, 0.4) is 0 Å². The van der Waals surface area contributed by atoms with Crippen LogP contribution in [0.4, 0.5) is 0 Å². The van der Waals surface area contributed by atoms with Crippen molar-refractivity contribution < 1.29 is 4.74 Å². The van der Waals surface area contributed by atoms with Crippen LogP contribution in [0.15, 0.2) is 0 Å². The molecule has 0 aliphatic carbocycles. The first kappa shape index (κ1) is 15.9. The van der Waals surface area contributed by atoms with Crippen molar-refractivity contribution in [1.82, 2.24) is 10.2 Å². The fraction of sp³-hybridized carbons (Fsp3) is 1.00. The van der Waals surface area contributed by atoms with Gasteiger partial charge in [-0.2, -0.15) is 0 Å².